The molecule has 0 radical (unpaired) electrons. The van der Waals surface area contributed by atoms with Gasteiger partial charge in [-0.05, 0) is 58.2 Å². The van der Waals surface area contributed by atoms with Crippen LogP contribution < -0.4 is 5.32 Å². The molecule has 3 fully saturated rings. The summed E-state index contributed by atoms with van der Waals surface area (Å²) in [6, 6.07) is 1.98. The number of esters is 1. The number of aliphatic hydroxyl groups excluding tert-OH is 1. The number of piperidine rings is 1. The maximum Gasteiger partial charge on any atom is 0.319 e. The number of fused-ring (bicyclic) bond motifs is 3. The number of hydrogen-bond donors (Lipinski definition) is 2. The van der Waals surface area contributed by atoms with Crippen LogP contribution in [0.4, 0.5) is 10.3 Å². The number of anilines is 1. The molecule has 5 atom stereocenters. The van der Waals surface area contributed by atoms with Crippen LogP contribution >= 0.6 is 11.6 Å². The van der Waals surface area contributed by atoms with Gasteiger partial charge in [0.1, 0.15) is 11.3 Å². The number of aromatic nitrogens is 4. The lowest BCUT2D eigenvalue weighted by atomic mass is 9.96. The highest BCUT2D eigenvalue weighted by Crippen LogP contribution is 2.39. The molecular formula is C29H37ClFN7O5S. The number of rotatable bonds is 8. The van der Waals surface area contributed by atoms with Crippen molar-refractivity contribution in [3.05, 3.63) is 35.0 Å². The zero-order chi connectivity index (χ0) is 31.5. The van der Waals surface area contributed by atoms with Gasteiger partial charge in [0.2, 0.25) is 16.0 Å². The lowest BCUT2D eigenvalue weighted by Crippen LogP contribution is -2.58. The van der Waals surface area contributed by atoms with Gasteiger partial charge in [-0.25, -0.2) is 27.8 Å². The number of nitrogens with one attached hydrogen (secondary N) is 1. The van der Waals surface area contributed by atoms with E-state index in [1.165, 1.54) is 29.9 Å². The molecule has 0 amide bonds. The number of imidazole rings is 1. The average Bonchev–Trinajstić information content (AvgIpc) is 3.67. The summed E-state index contributed by atoms with van der Waals surface area (Å²) in [5.41, 5.74) is 1.63. The van der Waals surface area contributed by atoms with Crippen LogP contribution in [0.25, 0.3) is 22.3 Å². The number of sulfonamides is 1. The fourth-order valence-electron chi connectivity index (χ4n) is 7.17. The summed E-state index contributed by atoms with van der Waals surface area (Å²) < 4.78 is 48.6. The number of nitrogens with zero attached hydrogens (tertiary/aromatic N) is 6. The van der Waals surface area contributed by atoms with Crippen molar-refractivity contribution in [2.24, 2.45) is 0 Å². The molecule has 6 rings (SSSR count). The number of methoxy groups -OCH3 is 1. The number of benzene rings is 1. The number of carbonyl (C=O) groups excluding carboxylic acids is 1. The Labute approximate surface area is 260 Å². The van der Waals surface area contributed by atoms with Crippen LogP contribution in [-0.2, 0) is 19.6 Å². The monoisotopic (exact) mass is 649 g/mol. The normalized spacial score (nSPS) is 26.1. The Morgan fingerprint density at radius 3 is 2.73 bits per heavy atom. The van der Waals surface area contributed by atoms with E-state index in [0.29, 0.717) is 49.1 Å². The van der Waals surface area contributed by atoms with E-state index in [1.807, 2.05) is 29.4 Å². The Morgan fingerprint density at radius 1 is 1.25 bits per heavy atom. The molecule has 3 saturated heterocycles. The van der Waals surface area contributed by atoms with Crippen LogP contribution in [0.5, 0.6) is 0 Å². The molecule has 2 bridgehead atoms. The quantitative estimate of drug-likeness (QED) is 0.349. The second-order valence-electron chi connectivity index (χ2n) is 12.3. The van der Waals surface area contributed by atoms with Crippen molar-refractivity contribution in [3.8, 4) is 11.3 Å². The van der Waals surface area contributed by atoms with Crippen LogP contribution in [0, 0.1) is 5.82 Å². The first-order valence-electron chi connectivity index (χ1n) is 14.8. The summed E-state index contributed by atoms with van der Waals surface area (Å²) in [6.07, 6.45) is 4.10. The Balaban J connectivity index is 1.30. The maximum atomic E-state index is 15.7. The van der Waals surface area contributed by atoms with Crippen molar-refractivity contribution in [2.45, 2.75) is 75.7 Å². The molecule has 2 unspecified atom stereocenters. The molecule has 3 aromatic rings. The molecular weight excluding hydrogens is 613 g/mol. The summed E-state index contributed by atoms with van der Waals surface area (Å²) in [5.74, 6) is 0.184. The topological polar surface area (TPSA) is 143 Å². The van der Waals surface area contributed by atoms with Gasteiger partial charge < -0.3 is 19.7 Å². The van der Waals surface area contributed by atoms with Gasteiger partial charge in [-0.2, -0.15) is 4.31 Å². The Kier molecular flexibility index (Phi) is 8.33. The van der Waals surface area contributed by atoms with Crippen molar-refractivity contribution in [1.29, 1.82) is 0 Å². The predicted octanol–water partition coefficient (Wildman–Crippen LogP) is 3.17. The zero-order valence-electron chi connectivity index (χ0n) is 25.1. The van der Waals surface area contributed by atoms with Crippen molar-refractivity contribution in [2.75, 3.05) is 38.3 Å². The smallest absolute Gasteiger partial charge is 0.319 e. The summed E-state index contributed by atoms with van der Waals surface area (Å²) >= 11 is 6.55. The van der Waals surface area contributed by atoms with Gasteiger partial charge in [-0.3, -0.25) is 9.69 Å². The van der Waals surface area contributed by atoms with Gasteiger partial charge >= 0.3 is 5.97 Å². The van der Waals surface area contributed by atoms with E-state index < -0.39 is 34.0 Å². The van der Waals surface area contributed by atoms with Crippen LogP contribution in [0.2, 0.25) is 5.02 Å². The average molecular weight is 650 g/mol. The van der Waals surface area contributed by atoms with Gasteiger partial charge in [-0.1, -0.05) is 11.6 Å². The van der Waals surface area contributed by atoms with E-state index in [9.17, 15) is 18.3 Å². The van der Waals surface area contributed by atoms with E-state index >= 15 is 4.39 Å². The highest BCUT2D eigenvalue weighted by molar-refractivity contribution is 7.88. The molecule has 0 aliphatic carbocycles. The minimum absolute atomic E-state index is 0.0200. The molecule has 3 aliphatic rings. The Morgan fingerprint density at radius 2 is 2.02 bits per heavy atom. The van der Waals surface area contributed by atoms with Crippen LogP contribution in [-0.4, -0.2) is 105 Å². The van der Waals surface area contributed by atoms with Gasteiger partial charge in [0, 0.05) is 30.1 Å². The van der Waals surface area contributed by atoms with Gasteiger partial charge in [0.25, 0.3) is 0 Å². The number of halogens is 2. The van der Waals surface area contributed by atoms with Crippen molar-refractivity contribution in [1.82, 2.24) is 28.7 Å². The molecule has 3 aliphatic heterocycles. The second kappa shape index (κ2) is 11.8. The second-order valence-corrected chi connectivity index (χ2v) is 14.6. The third kappa shape index (κ3) is 5.66. The van der Waals surface area contributed by atoms with Gasteiger partial charge in [0.05, 0.1) is 60.5 Å². The highest BCUT2D eigenvalue weighted by atomic mass is 35.5. The Hall–Kier alpha value is -2.91. The van der Waals surface area contributed by atoms with E-state index in [4.69, 9.17) is 21.3 Å². The molecule has 15 heteroatoms. The van der Waals surface area contributed by atoms with Crippen molar-refractivity contribution < 1.29 is 27.4 Å². The first-order valence-corrected chi connectivity index (χ1v) is 17.0. The number of aliphatic hydroxyl groups is 1. The molecule has 44 heavy (non-hydrogen) atoms. The third-order valence-corrected chi connectivity index (χ3v) is 10.7. The molecule has 12 nitrogen and oxygen atoms in total. The maximum absolute atomic E-state index is 15.7. The largest absolute Gasteiger partial charge is 0.468 e. The van der Waals surface area contributed by atoms with E-state index in [2.05, 4.69) is 15.3 Å². The molecule has 238 valence electrons. The minimum Gasteiger partial charge on any atom is -0.468 e. The van der Waals surface area contributed by atoms with Gasteiger partial charge in [0.15, 0.2) is 5.82 Å². The number of carbonyl (C=O) groups is 1. The van der Waals surface area contributed by atoms with Crippen LogP contribution in [0.1, 0.15) is 57.3 Å². The molecule has 2 N–H and O–H groups in total. The van der Waals surface area contributed by atoms with E-state index in [-0.39, 0.29) is 47.0 Å². The third-order valence-electron chi connectivity index (χ3n) is 9.04. The van der Waals surface area contributed by atoms with Crippen LogP contribution in [0.3, 0.4) is 0 Å². The molecule has 2 aromatic heterocycles. The first-order chi connectivity index (χ1) is 20.8. The highest BCUT2D eigenvalue weighted by Gasteiger charge is 2.50. The standard InChI is InChI=1S/C29H37ClFN7O5S/c1-15(2)37-23-10-17(9-20(31)26(23)34-28(37)16-7-8-36(13-16)14-24(39)43-3)25-19(30)12-32-29(35-25)33-21-11-18-5-6-22(27(21)40)38(18)44(4,41)42/h9-10,12,15-16,18,21-22,27,40H,5-8,11,13-14H2,1-4H3,(H,32,33,35)/t16-,18?,21-,22?,27+/m1/s1. The number of hydrogen-bond acceptors (Lipinski definition) is 10. The summed E-state index contributed by atoms with van der Waals surface area (Å²) in [5, 5.41) is 14.5. The molecule has 1 aromatic carbocycles. The van der Waals surface area contributed by atoms with E-state index in [1.54, 1.807) is 0 Å². The summed E-state index contributed by atoms with van der Waals surface area (Å²) in [4.78, 5) is 27.5. The van der Waals surface area contributed by atoms with E-state index in [0.717, 1.165) is 12.2 Å². The molecule has 0 saturated carbocycles. The van der Waals surface area contributed by atoms with Crippen molar-refractivity contribution in [3.63, 3.8) is 0 Å². The number of likely N-dealkylation sites (tertiary alicyclic amines) is 1. The number of ether oxygens (including phenoxy) is 1. The Bertz CT molecular complexity index is 1700. The minimum atomic E-state index is -3.45. The zero-order valence-corrected chi connectivity index (χ0v) is 26.6. The summed E-state index contributed by atoms with van der Waals surface area (Å²) in [6.45, 7) is 5.56. The fraction of sp³-hybridized carbons (Fsp3) is 0.586. The fourth-order valence-corrected chi connectivity index (χ4v) is 8.83. The predicted molar refractivity (Wildman–Crippen MR) is 163 cm³/mol. The first kappa shape index (κ1) is 31.1. The van der Waals surface area contributed by atoms with Gasteiger partial charge in [-0.15, -0.1) is 0 Å². The lowest BCUT2D eigenvalue weighted by Gasteiger charge is -2.41. The SMILES string of the molecule is COC(=O)CN1CC[C@@H](c2nc3c(F)cc(-c4nc(N[C@@H]5CC6CCC([C@H]5O)N6S(C)(=O)=O)ncc4Cl)cc3n2C(C)C)C1. The van der Waals surface area contributed by atoms with Crippen molar-refractivity contribution >= 4 is 44.6 Å². The van der Waals surface area contributed by atoms with Crippen LogP contribution in [0.15, 0.2) is 18.3 Å². The molecule has 5 heterocycles. The molecule has 0 spiro atoms. The lowest BCUT2D eigenvalue weighted by molar-refractivity contribution is -0.141. The summed E-state index contributed by atoms with van der Waals surface area (Å²) in [7, 11) is -2.08.